The fourth-order valence-electron chi connectivity index (χ4n) is 3.45. The van der Waals surface area contributed by atoms with Crippen molar-refractivity contribution >= 4 is 17.5 Å². The van der Waals surface area contributed by atoms with Crippen LogP contribution in [0, 0.1) is 0 Å². The van der Waals surface area contributed by atoms with Crippen LogP contribution < -0.4 is 10.1 Å². The first-order valence-corrected chi connectivity index (χ1v) is 9.16. The second kappa shape index (κ2) is 8.23. The molecular weight excluding hydrogens is 318 g/mol. The van der Waals surface area contributed by atoms with Crippen molar-refractivity contribution in [2.75, 3.05) is 38.0 Å². The maximum atomic E-state index is 12.4. The maximum absolute atomic E-state index is 12.4. The van der Waals surface area contributed by atoms with Crippen molar-refractivity contribution in [1.82, 2.24) is 9.80 Å². The lowest BCUT2D eigenvalue weighted by Crippen LogP contribution is -2.51. The summed E-state index contributed by atoms with van der Waals surface area (Å²) in [6, 6.07) is 7.81. The lowest BCUT2D eigenvalue weighted by Gasteiger charge is -2.34. The normalized spacial score (nSPS) is 18.3. The summed E-state index contributed by atoms with van der Waals surface area (Å²) in [7, 11) is 0. The smallest absolute Gasteiger partial charge is 0.241 e. The largest absolute Gasteiger partial charge is 0.488 e. The highest BCUT2D eigenvalue weighted by Crippen LogP contribution is 2.29. The summed E-state index contributed by atoms with van der Waals surface area (Å²) in [5.41, 5.74) is 0.866. The topological polar surface area (TPSA) is 61.9 Å². The number of piperazine rings is 1. The summed E-state index contributed by atoms with van der Waals surface area (Å²) in [6.07, 6.45) is 4.95. The van der Waals surface area contributed by atoms with Crippen molar-refractivity contribution in [2.24, 2.45) is 0 Å². The highest BCUT2D eigenvalue weighted by Gasteiger charge is 2.22. The number of benzene rings is 1. The van der Waals surface area contributed by atoms with Crippen LogP contribution in [0.2, 0.25) is 0 Å². The van der Waals surface area contributed by atoms with Crippen LogP contribution in [0.15, 0.2) is 24.3 Å². The van der Waals surface area contributed by atoms with Crippen molar-refractivity contribution in [3.05, 3.63) is 24.3 Å². The molecular formula is C19H27N3O3. The Hall–Kier alpha value is -2.24. The molecule has 2 amide bonds. The Morgan fingerprint density at radius 1 is 1.08 bits per heavy atom. The Kier molecular flexibility index (Phi) is 5.79. The van der Waals surface area contributed by atoms with Gasteiger partial charge in [0.2, 0.25) is 11.8 Å². The zero-order valence-corrected chi connectivity index (χ0v) is 14.9. The molecule has 0 spiro atoms. The van der Waals surface area contributed by atoms with Gasteiger partial charge in [-0.2, -0.15) is 0 Å². The van der Waals surface area contributed by atoms with E-state index in [1.807, 2.05) is 29.2 Å². The summed E-state index contributed by atoms with van der Waals surface area (Å²) in [5, 5.41) is 3.22. The molecule has 1 saturated heterocycles. The number of carbonyl (C=O) groups is 2. The van der Waals surface area contributed by atoms with Gasteiger partial charge in [0.25, 0.3) is 0 Å². The van der Waals surface area contributed by atoms with E-state index in [1.54, 1.807) is 11.8 Å². The van der Waals surface area contributed by atoms with Crippen LogP contribution >= 0.6 is 0 Å². The highest BCUT2D eigenvalue weighted by molar-refractivity contribution is 5.82. The van der Waals surface area contributed by atoms with Crippen LogP contribution in [0.4, 0.5) is 5.69 Å². The van der Waals surface area contributed by atoms with E-state index in [0.717, 1.165) is 24.3 Å². The van der Waals surface area contributed by atoms with Crippen LogP contribution in [0.25, 0.3) is 0 Å². The van der Waals surface area contributed by atoms with E-state index in [1.165, 1.54) is 12.8 Å². The Morgan fingerprint density at radius 3 is 2.40 bits per heavy atom. The highest BCUT2D eigenvalue weighted by atomic mass is 16.5. The lowest BCUT2D eigenvalue weighted by molar-refractivity contribution is -0.137. The average molecular weight is 345 g/mol. The lowest BCUT2D eigenvalue weighted by atomic mass is 10.2. The molecule has 0 unspecified atom stereocenters. The summed E-state index contributed by atoms with van der Waals surface area (Å²) in [6.45, 7) is 4.23. The summed E-state index contributed by atoms with van der Waals surface area (Å²) >= 11 is 0. The van der Waals surface area contributed by atoms with E-state index in [2.05, 4.69) is 5.32 Å². The third-order valence-electron chi connectivity index (χ3n) is 4.99. The molecule has 1 aromatic rings. The van der Waals surface area contributed by atoms with Crippen LogP contribution in [-0.2, 0) is 9.59 Å². The Morgan fingerprint density at radius 2 is 1.72 bits per heavy atom. The van der Waals surface area contributed by atoms with Gasteiger partial charge in [0.1, 0.15) is 5.75 Å². The second-order valence-electron chi connectivity index (χ2n) is 6.76. The minimum absolute atomic E-state index is 0.0545. The molecule has 136 valence electrons. The van der Waals surface area contributed by atoms with Gasteiger partial charge in [-0.05, 0) is 37.8 Å². The summed E-state index contributed by atoms with van der Waals surface area (Å²) < 4.78 is 6.09. The van der Waals surface area contributed by atoms with Crippen molar-refractivity contribution in [2.45, 2.75) is 38.7 Å². The number of para-hydroxylation sites is 2. The number of hydrogen-bond acceptors (Lipinski definition) is 4. The Labute approximate surface area is 149 Å². The van der Waals surface area contributed by atoms with Gasteiger partial charge >= 0.3 is 0 Å². The number of nitrogens with zero attached hydrogens (tertiary/aromatic N) is 2. The standard InChI is InChI=1S/C19H27N3O3/c1-15(23)21-10-12-22(13-11-21)19(24)14-20-17-8-4-5-9-18(17)25-16-6-2-3-7-16/h4-5,8-9,16,20H,2-3,6-7,10-14H2,1H3. The van der Waals surface area contributed by atoms with Gasteiger partial charge < -0.3 is 19.9 Å². The van der Waals surface area contributed by atoms with E-state index in [0.29, 0.717) is 32.3 Å². The number of anilines is 1. The molecule has 2 fully saturated rings. The van der Waals surface area contributed by atoms with E-state index in [4.69, 9.17) is 4.74 Å². The molecule has 0 bridgehead atoms. The van der Waals surface area contributed by atoms with Gasteiger partial charge in [0.05, 0.1) is 18.3 Å². The van der Waals surface area contributed by atoms with Gasteiger partial charge in [-0.25, -0.2) is 0 Å². The molecule has 1 aromatic carbocycles. The van der Waals surface area contributed by atoms with E-state index >= 15 is 0 Å². The molecule has 0 aromatic heterocycles. The van der Waals surface area contributed by atoms with Gasteiger partial charge in [-0.1, -0.05) is 12.1 Å². The SMILES string of the molecule is CC(=O)N1CCN(C(=O)CNc2ccccc2OC2CCCC2)CC1. The molecule has 0 radical (unpaired) electrons. The molecule has 1 saturated carbocycles. The number of hydrogen-bond donors (Lipinski definition) is 1. The number of rotatable bonds is 5. The molecule has 0 atom stereocenters. The molecule has 25 heavy (non-hydrogen) atoms. The van der Waals surface area contributed by atoms with Crippen LogP contribution in [0.5, 0.6) is 5.75 Å². The number of carbonyl (C=O) groups excluding carboxylic acids is 2. The van der Waals surface area contributed by atoms with Gasteiger partial charge in [-0.3, -0.25) is 9.59 Å². The predicted octanol–water partition coefficient (Wildman–Crippen LogP) is 2.11. The van der Waals surface area contributed by atoms with Crippen molar-refractivity contribution < 1.29 is 14.3 Å². The van der Waals surface area contributed by atoms with E-state index in [9.17, 15) is 9.59 Å². The zero-order chi connectivity index (χ0) is 17.6. The third kappa shape index (κ3) is 4.65. The number of nitrogens with one attached hydrogen (secondary N) is 1. The van der Waals surface area contributed by atoms with E-state index in [-0.39, 0.29) is 18.4 Å². The zero-order valence-electron chi connectivity index (χ0n) is 14.9. The molecule has 6 heteroatoms. The van der Waals surface area contributed by atoms with Crippen molar-refractivity contribution in [1.29, 1.82) is 0 Å². The molecule has 2 aliphatic rings. The average Bonchev–Trinajstić information content (AvgIpc) is 3.14. The first kappa shape index (κ1) is 17.6. The first-order chi connectivity index (χ1) is 12.1. The van der Waals surface area contributed by atoms with Crippen LogP contribution in [0.1, 0.15) is 32.6 Å². The number of amides is 2. The van der Waals surface area contributed by atoms with Gasteiger partial charge in [0, 0.05) is 33.1 Å². The second-order valence-corrected chi connectivity index (χ2v) is 6.76. The fraction of sp³-hybridized carbons (Fsp3) is 0.579. The van der Waals surface area contributed by atoms with E-state index < -0.39 is 0 Å². The molecule has 6 nitrogen and oxygen atoms in total. The molecule has 1 N–H and O–H groups in total. The Bertz CT molecular complexity index is 606. The predicted molar refractivity (Wildman–Crippen MR) is 96.6 cm³/mol. The molecule has 1 aliphatic heterocycles. The third-order valence-corrected chi connectivity index (χ3v) is 4.99. The van der Waals surface area contributed by atoms with Crippen LogP contribution in [0.3, 0.4) is 0 Å². The summed E-state index contributed by atoms with van der Waals surface area (Å²) in [4.78, 5) is 27.4. The maximum Gasteiger partial charge on any atom is 0.241 e. The van der Waals surface area contributed by atoms with Crippen molar-refractivity contribution in [3.8, 4) is 5.75 Å². The minimum atomic E-state index is 0.0545. The number of ether oxygens (including phenoxy) is 1. The van der Waals surface area contributed by atoms with Crippen molar-refractivity contribution in [3.63, 3.8) is 0 Å². The summed E-state index contributed by atoms with van der Waals surface area (Å²) in [5.74, 6) is 0.950. The van der Waals surface area contributed by atoms with Gasteiger partial charge in [-0.15, -0.1) is 0 Å². The quantitative estimate of drug-likeness (QED) is 0.888. The molecule has 1 aliphatic carbocycles. The fourth-order valence-corrected chi connectivity index (χ4v) is 3.45. The Balaban J connectivity index is 1.51. The minimum Gasteiger partial charge on any atom is -0.488 e. The monoisotopic (exact) mass is 345 g/mol. The van der Waals surface area contributed by atoms with Gasteiger partial charge in [0.15, 0.2) is 0 Å². The van der Waals surface area contributed by atoms with Crippen LogP contribution in [-0.4, -0.2) is 60.4 Å². The molecule has 1 heterocycles. The first-order valence-electron chi connectivity index (χ1n) is 9.16. The molecule has 3 rings (SSSR count).